The van der Waals surface area contributed by atoms with Crippen LogP contribution >= 0.6 is 23.4 Å². The Balaban J connectivity index is 1.47. The molecule has 0 aromatic heterocycles. The molecule has 0 atom stereocenters. The lowest BCUT2D eigenvalue weighted by Crippen LogP contribution is -2.08. The molecule has 3 nitrogen and oxygen atoms in total. The van der Waals surface area contributed by atoms with E-state index in [1.807, 2.05) is 42.5 Å². The zero-order valence-corrected chi connectivity index (χ0v) is 15.6. The van der Waals surface area contributed by atoms with Crippen molar-refractivity contribution in [3.05, 3.63) is 99.4 Å². The summed E-state index contributed by atoms with van der Waals surface area (Å²) < 4.78 is 5.36. The number of hydrogen-bond donors (Lipinski definition) is 0. The fourth-order valence-electron chi connectivity index (χ4n) is 2.67. The van der Waals surface area contributed by atoms with E-state index in [4.69, 9.17) is 16.3 Å². The van der Waals surface area contributed by atoms with Gasteiger partial charge in [0, 0.05) is 15.5 Å². The van der Waals surface area contributed by atoms with E-state index in [2.05, 4.69) is 0 Å². The molecular formula is C22H13ClO3S. The number of carbonyl (C=O) groups excluding carboxylic acids is 2. The van der Waals surface area contributed by atoms with Gasteiger partial charge in [0.05, 0.1) is 10.5 Å². The molecular weight excluding hydrogens is 380 g/mol. The molecule has 0 amide bonds. The molecule has 0 aliphatic carbocycles. The fraction of sp³-hybridized carbons (Fsp3) is 0. The van der Waals surface area contributed by atoms with Gasteiger partial charge in [0.25, 0.3) is 0 Å². The number of hydrogen-bond acceptors (Lipinski definition) is 4. The number of allylic oxidation sites excluding steroid dienone is 1. The second-order valence-corrected chi connectivity index (χ2v) is 7.42. The normalized spacial score (nSPS) is 14.3. The summed E-state index contributed by atoms with van der Waals surface area (Å²) in [5.74, 6) is 0.0226. The number of ketones is 1. The number of benzene rings is 3. The van der Waals surface area contributed by atoms with Crippen LogP contribution in [0.5, 0.6) is 5.75 Å². The lowest BCUT2D eigenvalue weighted by atomic mass is 10.1. The van der Waals surface area contributed by atoms with Gasteiger partial charge in [-0.15, -0.1) is 0 Å². The Morgan fingerprint density at radius 3 is 2.33 bits per heavy atom. The van der Waals surface area contributed by atoms with Crippen molar-refractivity contribution >= 4 is 41.2 Å². The van der Waals surface area contributed by atoms with Gasteiger partial charge in [-0.2, -0.15) is 0 Å². The van der Waals surface area contributed by atoms with Crippen LogP contribution in [0.2, 0.25) is 5.02 Å². The van der Waals surface area contributed by atoms with Crippen LogP contribution in [0.25, 0.3) is 6.08 Å². The Kier molecular flexibility index (Phi) is 4.84. The third-order valence-corrected chi connectivity index (χ3v) is 5.39. The molecule has 0 spiro atoms. The molecule has 3 aromatic carbocycles. The summed E-state index contributed by atoms with van der Waals surface area (Å²) in [5, 5.41) is 0.561. The molecule has 27 heavy (non-hydrogen) atoms. The minimum atomic E-state index is -0.449. The second-order valence-electron chi connectivity index (χ2n) is 5.90. The lowest BCUT2D eigenvalue weighted by Gasteiger charge is -2.05. The SMILES string of the molecule is O=C(Oc1ccc(C=C2Sc3ccccc3C2=O)cc1)c1ccc(Cl)cc1. The van der Waals surface area contributed by atoms with Crippen molar-refractivity contribution in [2.24, 2.45) is 0 Å². The van der Waals surface area contributed by atoms with E-state index in [1.54, 1.807) is 36.4 Å². The van der Waals surface area contributed by atoms with Crippen molar-refractivity contribution < 1.29 is 14.3 Å². The van der Waals surface area contributed by atoms with Crippen LogP contribution < -0.4 is 4.74 Å². The molecule has 1 heterocycles. The van der Waals surface area contributed by atoms with E-state index in [0.29, 0.717) is 21.2 Å². The van der Waals surface area contributed by atoms with E-state index in [1.165, 1.54) is 11.8 Å². The molecule has 0 saturated carbocycles. The summed E-state index contributed by atoms with van der Waals surface area (Å²) >= 11 is 7.29. The van der Waals surface area contributed by atoms with Crippen LogP contribution in [0.4, 0.5) is 0 Å². The van der Waals surface area contributed by atoms with Crippen molar-refractivity contribution in [3.63, 3.8) is 0 Å². The van der Waals surface area contributed by atoms with Crippen LogP contribution in [0.3, 0.4) is 0 Å². The van der Waals surface area contributed by atoms with Gasteiger partial charge in [0.2, 0.25) is 5.78 Å². The maximum Gasteiger partial charge on any atom is 0.343 e. The summed E-state index contributed by atoms with van der Waals surface area (Å²) in [6.45, 7) is 0. The summed E-state index contributed by atoms with van der Waals surface area (Å²) in [6.07, 6.45) is 1.85. The first-order valence-corrected chi connectivity index (χ1v) is 9.41. The first-order valence-electron chi connectivity index (χ1n) is 8.21. The molecule has 1 aliphatic rings. The lowest BCUT2D eigenvalue weighted by molar-refractivity contribution is 0.0734. The summed E-state index contributed by atoms with van der Waals surface area (Å²) in [6, 6.07) is 21.1. The van der Waals surface area contributed by atoms with Crippen molar-refractivity contribution in [1.29, 1.82) is 0 Å². The maximum atomic E-state index is 12.4. The van der Waals surface area contributed by atoms with E-state index < -0.39 is 5.97 Å². The Labute approximate surface area is 165 Å². The first-order chi connectivity index (χ1) is 13.1. The fourth-order valence-corrected chi connectivity index (χ4v) is 3.85. The molecule has 3 aromatic rings. The standard InChI is InChI=1S/C22H13ClO3S/c23-16-9-7-15(8-10-16)22(25)26-17-11-5-14(6-12-17)13-20-21(24)18-3-1-2-4-19(18)27-20/h1-13H. The number of carbonyl (C=O) groups is 2. The average molecular weight is 393 g/mol. The maximum absolute atomic E-state index is 12.4. The zero-order chi connectivity index (χ0) is 18.8. The van der Waals surface area contributed by atoms with Crippen molar-refractivity contribution in [3.8, 4) is 5.75 Å². The van der Waals surface area contributed by atoms with Crippen LogP contribution in [0.1, 0.15) is 26.3 Å². The highest BCUT2D eigenvalue weighted by Gasteiger charge is 2.25. The topological polar surface area (TPSA) is 43.4 Å². The Hall–Kier alpha value is -2.82. The van der Waals surface area contributed by atoms with Gasteiger partial charge in [-0.1, -0.05) is 47.6 Å². The molecule has 0 bridgehead atoms. The number of ether oxygens (including phenoxy) is 1. The van der Waals surface area contributed by atoms with Gasteiger partial charge < -0.3 is 4.74 Å². The highest BCUT2D eigenvalue weighted by molar-refractivity contribution is 8.04. The van der Waals surface area contributed by atoms with Crippen molar-refractivity contribution in [2.45, 2.75) is 4.90 Å². The number of esters is 1. The van der Waals surface area contributed by atoms with Gasteiger partial charge in [-0.25, -0.2) is 4.79 Å². The quantitative estimate of drug-likeness (QED) is 0.316. The molecule has 0 saturated heterocycles. The summed E-state index contributed by atoms with van der Waals surface area (Å²) in [7, 11) is 0. The van der Waals surface area contributed by atoms with Gasteiger partial charge in [0.15, 0.2) is 0 Å². The van der Waals surface area contributed by atoms with Gasteiger partial charge in [0.1, 0.15) is 5.75 Å². The Morgan fingerprint density at radius 1 is 0.926 bits per heavy atom. The number of rotatable bonds is 3. The van der Waals surface area contributed by atoms with Crippen LogP contribution in [0.15, 0.2) is 82.6 Å². The molecule has 0 fully saturated rings. The summed E-state index contributed by atoms with van der Waals surface area (Å²) in [4.78, 5) is 26.2. The molecule has 1 aliphatic heterocycles. The van der Waals surface area contributed by atoms with E-state index in [-0.39, 0.29) is 5.78 Å². The molecule has 0 N–H and O–H groups in total. The minimum Gasteiger partial charge on any atom is -0.423 e. The molecule has 0 radical (unpaired) electrons. The minimum absolute atomic E-state index is 0.0360. The van der Waals surface area contributed by atoms with Crippen molar-refractivity contribution in [1.82, 2.24) is 0 Å². The number of thioether (sulfide) groups is 1. The van der Waals surface area contributed by atoms with E-state index >= 15 is 0 Å². The Bertz CT molecular complexity index is 1050. The van der Waals surface area contributed by atoms with Crippen LogP contribution in [-0.4, -0.2) is 11.8 Å². The largest absolute Gasteiger partial charge is 0.423 e. The van der Waals surface area contributed by atoms with Crippen LogP contribution in [-0.2, 0) is 0 Å². The van der Waals surface area contributed by atoms with E-state index in [9.17, 15) is 9.59 Å². The zero-order valence-electron chi connectivity index (χ0n) is 14.0. The van der Waals surface area contributed by atoms with Gasteiger partial charge in [-0.3, -0.25) is 4.79 Å². The number of halogens is 1. The third-order valence-electron chi connectivity index (χ3n) is 4.04. The highest BCUT2D eigenvalue weighted by atomic mass is 35.5. The van der Waals surface area contributed by atoms with E-state index in [0.717, 1.165) is 16.0 Å². The average Bonchev–Trinajstić information content (AvgIpc) is 3.00. The summed E-state index contributed by atoms with van der Waals surface area (Å²) in [5.41, 5.74) is 2.03. The first kappa shape index (κ1) is 17.6. The van der Waals surface area contributed by atoms with Gasteiger partial charge in [-0.05, 0) is 60.2 Å². The number of Topliss-reactive ketones (excluding diaryl/α,β-unsaturated/α-hetero) is 1. The Morgan fingerprint density at radius 2 is 1.63 bits per heavy atom. The molecule has 5 heteroatoms. The molecule has 132 valence electrons. The molecule has 4 rings (SSSR count). The highest BCUT2D eigenvalue weighted by Crippen LogP contribution is 2.40. The number of fused-ring (bicyclic) bond motifs is 1. The molecule has 0 unspecified atom stereocenters. The second kappa shape index (κ2) is 7.43. The van der Waals surface area contributed by atoms with Crippen LogP contribution in [0, 0.1) is 0 Å². The van der Waals surface area contributed by atoms with Gasteiger partial charge >= 0.3 is 5.97 Å². The smallest absolute Gasteiger partial charge is 0.343 e. The monoisotopic (exact) mass is 392 g/mol. The predicted octanol–water partition coefficient (Wildman–Crippen LogP) is 5.89. The third kappa shape index (κ3) is 3.82. The van der Waals surface area contributed by atoms with Crippen molar-refractivity contribution in [2.75, 3.05) is 0 Å². The predicted molar refractivity (Wildman–Crippen MR) is 107 cm³/mol.